The minimum Gasteiger partial charge on any atom is -0.367 e. The van der Waals surface area contributed by atoms with E-state index in [-0.39, 0.29) is 0 Å². The maximum absolute atomic E-state index is 6.32. The standard InChI is InChI=1S/C15H22Cl2N2/c1-3-8-18-12-7-9-19(11(2)10-12)14-6-4-5-13(16)15(14)17/h4-6,11-12,18H,3,7-10H2,1-2H3. The first-order chi connectivity index (χ1) is 9.13. The molecule has 1 aromatic carbocycles. The summed E-state index contributed by atoms with van der Waals surface area (Å²) in [6, 6.07) is 6.98. The van der Waals surface area contributed by atoms with Crippen molar-refractivity contribution in [3.63, 3.8) is 0 Å². The van der Waals surface area contributed by atoms with Crippen LogP contribution in [0.25, 0.3) is 0 Å². The number of halogens is 2. The molecule has 0 bridgehead atoms. The van der Waals surface area contributed by atoms with Crippen molar-refractivity contribution < 1.29 is 0 Å². The lowest BCUT2D eigenvalue weighted by molar-refractivity contribution is 0.369. The molecule has 2 atom stereocenters. The van der Waals surface area contributed by atoms with Gasteiger partial charge in [-0.15, -0.1) is 0 Å². The molecule has 0 amide bonds. The summed E-state index contributed by atoms with van der Waals surface area (Å²) in [5.74, 6) is 0. The SMILES string of the molecule is CCCNC1CCN(c2cccc(Cl)c2Cl)C(C)C1. The Hall–Kier alpha value is -0.440. The summed E-state index contributed by atoms with van der Waals surface area (Å²) in [6.45, 7) is 6.60. The van der Waals surface area contributed by atoms with Gasteiger partial charge in [-0.2, -0.15) is 0 Å². The number of nitrogens with one attached hydrogen (secondary N) is 1. The highest BCUT2D eigenvalue weighted by atomic mass is 35.5. The molecule has 0 radical (unpaired) electrons. The summed E-state index contributed by atoms with van der Waals surface area (Å²) in [6.07, 6.45) is 3.50. The molecule has 1 aliphatic rings. The van der Waals surface area contributed by atoms with E-state index in [0.29, 0.717) is 22.1 Å². The second-order valence-electron chi connectivity index (χ2n) is 5.29. The highest BCUT2D eigenvalue weighted by Gasteiger charge is 2.26. The van der Waals surface area contributed by atoms with Crippen LogP contribution in [0.2, 0.25) is 10.0 Å². The molecule has 0 aliphatic carbocycles. The fourth-order valence-corrected chi connectivity index (χ4v) is 3.18. The van der Waals surface area contributed by atoms with E-state index in [1.807, 2.05) is 12.1 Å². The zero-order valence-electron chi connectivity index (χ0n) is 11.6. The van der Waals surface area contributed by atoms with Gasteiger partial charge in [-0.3, -0.25) is 0 Å². The van der Waals surface area contributed by atoms with Gasteiger partial charge in [0.2, 0.25) is 0 Å². The predicted octanol–water partition coefficient (Wildman–Crippen LogP) is 4.35. The Morgan fingerprint density at radius 1 is 1.37 bits per heavy atom. The van der Waals surface area contributed by atoms with Crippen LogP contribution < -0.4 is 10.2 Å². The summed E-state index contributed by atoms with van der Waals surface area (Å²) in [4.78, 5) is 2.37. The Bertz CT molecular complexity index is 423. The van der Waals surface area contributed by atoms with Crippen LogP contribution in [0, 0.1) is 0 Å². The van der Waals surface area contributed by atoms with Crippen LogP contribution in [-0.2, 0) is 0 Å². The van der Waals surface area contributed by atoms with Crippen molar-refractivity contribution in [1.29, 1.82) is 0 Å². The molecular weight excluding hydrogens is 279 g/mol. The maximum Gasteiger partial charge on any atom is 0.0825 e. The van der Waals surface area contributed by atoms with E-state index in [9.17, 15) is 0 Å². The smallest absolute Gasteiger partial charge is 0.0825 e. The quantitative estimate of drug-likeness (QED) is 0.889. The normalized spacial score (nSPS) is 23.7. The number of hydrogen-bond donors (Lipinski definition) is 1. The van der Waals surface area contributed by atoms with Crippen LogP contribution in [0.3, 0.4) is 0 Å². The van der Waals surface area contributed by atoms with E-state index in [0.717, 1.165) is 31.6 Å². The summed E-state index contributed by atoms with van der Waals surface area (Å²) in [5, 5.41) is 4.93. The van der Waals surface area contributed by atoms with Gasteiger partial charge in [0.25, 0.3) is 0 Å². The van der Waals surface area contributed by atoms with Gasteiger partial charge in [-0.1, -0.05) is 36.2 Å². The molecule has 1 fully saturated rings. The van der Waals surface area contributed by atoms with Gasteiger partial charge in [0, 0.05) is 18.6 Å². The topological polar surface area (TPSA) is 15.3 Å². The molecule has 106 valence electrons. The van der Waals surface area contributed by atoms with Gasteiger partial charge in [0.15, 0.2) is 0 Å². The Labute approximate surface area is 126 Å². The van der Waals surface area contributed by atoms with Crippen LogP contribution >= 0.6 is 23.2 Å². The Morgan fingerprint density at radius 2 is 2.16 bits per heavy atom. The second kappa shape index (κ2) is 6.83. The van der Waals surface area contributed by atoms with Gasteiger partial charge in [-0.05, 0) is 44.9 Å². The molecule has 1 aromatic rings. The molecule has 1 N–H and O–H groups in total. The van der Waals surface area contributed by atoms with Crippen molar-refractivity contribution in [2.45, 2.75) is 45.2 Å². The Balaban J connectivity index is 2.05. The van der Waals surface area contributed by atoms with Crippen LogP contribution in [0.15, 0.2) is 18.2 Å². The van der Waals surface area contributed by atoms with Crippen molar-refractivity contribution in [1.82, 2.24) is 5.32 Å². The molecule has 0 aromatic heterocycles. The molecule has 1 aliphatic heterocycles. The van der Waals surface area contributed by atoms with Gasteiger partial charge < -0.3 is 10.2 Å². The molecule has 0 spiro atoms. The van der Waals surface area contributed by atoms with Crippen molar-refractivity contribution in [3.8, 4) is 0 Å². The number of rotatable bonds is 4. The zero-order chi connectivity index (χ0) is 13.8. The summed E-state index contributed by atoms with van der Waals surface area (Å²) in [5.41, 5.74) is 1.07. The van der Waals surface area contributed by atoms with Crippen molar-refractivity contribution in [2.24, 2.45) is 0 Å². The van der Waals surface area contributed by atoms with E-state index in [1.165, 1.54) is 6.42 Å². The number of nitrogens with zero attached hydrogens (tertiary/aromatic N) is 1. The van der Waals surface area contributed by atoms with E-state index >= 15 is 0 Å². The molecule has 1 heterocycles. The predicted molar refractivity (Wildman–Crippen MR) is 84.6 cm³/mol. The summed E-state index contributed by atoms with van der Waals surface area (Å²) >= 11 is 12.4. The first-order valence-electron chi connectivity index (χ1n) is 7.07. The van der Waals surface area contributed by atoms with E-state index in [2.05, 4.69) is 30.1 Å². The van der Waals surface area contributed by atoms with Gasteiger partial charge in [0.05, 0.1) is 15.7 Å². The average molecular weight is 301 g/mol. The molecular formula is C15H22Cl2N2. The minimum atomic E-state index is 0.485. The van der Waals surface area contributed by atoms with E-state index in [4.69, 9.17) is 23.2 Å². The number of piperidine rings is 1. The molecule has 0 saturated carbocycles. The molecule has 2 nitrogen and oxygen atoms in total. The van der Waals surface area contributed by atoms with E-state index < -0.39 is 0 Å². The third-order valence-corrected chi connectivity index (χ3v) is 4.61. The van der Waals surface area contributed by atoms with Gasteiger partial charge in [0.1, 0.15) is 0 Å². The third-order valence-electron chi connectivity index (χ3n) is 3.80. The molecule has 19 heavy (non-hydrogen) atoms. The number of benzene rings is 1. The maximum atomic E-state index is 6.32. The monoisotopic (exact) mass is 300 g/mol. The minimum absolute atomic E-state index is 0.485. The fraction of sp³-hybridized carbons (Fsp3) is 0.600. The lowest BCUT2D eigenvalue weighted by Gasteiger charge is -2.40. The van der Waals surface area contributed by atoms with Crippen LogP contribution in [0.1, 0.15) is 33.1 Å². The first kappa shape index (κ1) is 15.0. The van der Waals surface area contributed by atoms with E-state index in [1.54, 1.807) is 0 Å². The zero-order valence-corrected chi connectivity index (χ0v) is 13.1. The Kier molecular flexibility index (Phi) is 5.37. The van der Waals surface area contributed by atoms with Gasteiger partial charge in [-0.25, -0.2) is 0 Å². The van der Waals surface area contributed by atoms with Crippen LogP contribution in [-0.4, -0.2) is 25.2 Å². The lowest BCUT2D eigenvalue weighted by Crippen LogP contribution is -2.47. The first-order valence-corrected chi connectivity index (χ1v) is 7.83. The average Bonchev–Trinajstić information content (AvgIpc) is 2.40. The molecule has 2 unspecified atom stereocenters. The Morgan fingerprint density at radius 3 is 2.84 bits per heavy atom. The molecule has 4 heteroatoms. The van der Waals surface area contributed by atoms with Crippen LogP contribution in [0.4, 0.5) is 5.69 Å². The highest BCUT2D eigenvalue weighted by Crippen LogP contribution is 2.35. The summed E-state index contributed by atoms with van der Waals surface area (Å²) in [7, 11) is 0. The van der Waals surface area contributed by atoms with Crippen molar-refractivity contribution in [3.05, 3.63) is 28.2 Å². The number of hydrogen-bond acceptors (Lipinski definition) is 2. The van der Waals surface area contributed by atoms with Crippen LogP contribution in [0.5, 0.6) is 0 Å². The molecule has 2 rings (SSSR count). The second-order valence-corrected chi connectivity index (χ2v) is 6.08. The van der Waals surface area contributed by atoms with Crippen molar-refractivity contribution in [2.75, 3.05) is 18.0 Å². The lowest BCUT2D eigenvalue weighted by atomic mass is 9.97. The van der Waals surface area contributed by atoms with Crippen molar-refractivity contribution >= 4 is 28.9 Å². The fourth-order valence-electron chi connectivity index (χ4n) is 2.78. The van der Waals surface area contributed by atoms with Gasteiger partial charge >= 0.3 is 0 Å². The largest absolute Gasteiger partial charge is 0.367 e. The highest BCUT2D eigenvalue weighted by molar-refractivity contribution is 6.43. The molecule has 1 saturated heterocycles. The third kappa shape index (κ3) is 3.56. The number of anilines is 1. The summed E-state index contributed by atoms with van der Waals surface area (Å²) < 4.78 is 0.